The first-order valence-corrected chi connectivity index (χ1v) is 23.3. The molecule has 6 unspecified atom stereocenters. The summed E-state index contributed by atoms with van der Waals surface area (Å²) in [6.45, 7) is 15.5. The van der Waals surface area contributed by atoms with Crippen molar-refractivity contribution in [2.75, 3.05) is 117 Å². The Bertz CT molecular complexity index is 1100. The second-order valence-electron chi connectivity index (χ2n) is 17.6. The van der Waals surface area contributed by atoms with Crippen molar-refractivity contribution >= 4 is 23.7 Å². The van der Waals surface area contributed by atoms with Gasteiger partial charge < -0.3 is 42.6 Å². The van der Waals surface area contributed by atoms with E-state index in [4.69, 9.17) is 48.5 Å². The van der Waals surface area contributed by atoms with E-state index >= 15 is 0 Å². The zero-order valence-electron chi connectivity index (χ0n) is 35.9. The third kappa shape index (κ3) is 19.5. The summed E-state index contributed by atoms with van der Waals surface area (Å²) in [7, 11) is 0. The van der Waals surface area contributed by atoms with Gasteiger partial charge in [0.15, 0.2) is 0 Å². The fraction of sp³-hybridized carbons (Fsp3) is 0.953. The second kappa shape index (κ2) is 27.0. The van der Waals surface area contributed by atoms with Gasteiger partial charge in [0.2, 0.25) is 0 Å². The van der Waals surface area contributed by atoms with Gasteiger partial charge in [0, 0.05) is 11.5 Å². The summed E-state index contributed by atoms with van der Waals surface area (Å²) in [6, 6.07) is 0. The highest BCUT2D eigenvalue weighted by Gasteiger charge is 2.46. The monoisotopic (exact) mass is 831 g/mol. The number of rotatable bonds is 31. The van der Waals surface area contributed by atoms with Crippen molar-refractivity contribution in [3.8, 4) is 0 Å². The lowest BCUT2D eigenvalue weighted by atomic mass is 9.62. The highest BCUT2D eigenvalue weighted by Crippen LogP contribution is 2.50. The fourth-order valence-corrected chi connectivity index (χ4v) is 11.0. The van der Waals surface area contributed by atoms with E-state index in [1.54, 1.807) is 11.8 Å². The van der Waals surface area contributed by atoms with E-state index in [0.29, 0.717) is 78.4 Å². The van der Waals surface area contributed by atoms with Crippen LogP contribution in [0, 0.1) is 35.5 Å². The minimum atomic E-state index is -0.544. The van der Waals surface area contributed by atoms with E-state index in [0.717, 1.165) is 46.3 Å². The van der Waals surface area contributed by atoms with Gasteiger partial charge >= 0.3 is 11.9 Å². The lowest BCUT2D eigenvalue weighted by molar-refractivity contribution is -0.149. The Labute approximate surface area is 348 Å². The van der Waals surface area contributed by atoms with Crippen LogP contribution in [0.25, 0.3) is 0 Å². The van der Waals surface area contributed by atoms with Crippen molar-refractivity contribution in [1.82, 2.24) is 5.01 Å². The predicted molar refractivity (Wildman–Crippen MR) is 221 cm³/mol. The number of nitrogens with zero attached hydrogens (tertiary/aromatic N) is 1. The molecule has 0 heterocycles. The molecular formula is C43H78N2O11S. The molecule has 0 saturated heterocycles. The van der Waals surface area contributed by atoms with Crippen LogP contribution in [0.15, 0.2) is 0 Å². The molecule has 4 bridgehead atoms. The van der Waals surface area contributed by atoms with E-state index in [9.17, 15) is 9.59 Å². The number of esters is 2. The van der Waals surface area contributed by atoms with Crippen molar-refractivity contribution in [3.63, 3.8) is 0 Å². The highest BCUT2D eigenvalue weighted by molar-refractivity contribution is 7.99. The molecule has 57 heavy (non-hydrogen) atoms. The molecule has 2 N–H and O–H groups in total. The number of fused-ring (bicyclic) bond motifs is 4. The number of thioether (sulfide) groups is 1. The first-order valence-electron chi connectivity index (χ1n) is 22.1. The number of hydrogen-bond donors (Lipinski definition) is 1. The van der Waals surface area contributed by atoms with Gasteiger partial charge in [-0.05, 0) is 99.7 Å². The summed E-state index contributed by atoms with van der Waals surface area (Å²) in [6.07, 6.45) is 13.8. The molecule has 332 valence electrons. The van der Waals surface area contributed by atoms with Crippen LogP contribution < -0.4 is 5.84 Å². The molecule has 13 nitrogen and oxygen atoms in total. The fourth-order valence-electron chi connectivity index (χ4n) is 10.3. The van der Waals surface area contributed by atoms with Crippen molar-refractivity contribution in [2.45, 2.75) is 110 Å². The molecule has 0 aromatic rings. The third-order valence-electron chi connectivity index (χ3n) is 12.0. The van der Waals surface area contributed by atoms with Gasteiger partial charge in [-0.2, -0.15) is 11.8 Å². The zero-order chi connectivity index (χ0) is 40.8. The number of hydrogen-bond acceptors (Lipinski definition) is 14. The lowest BCUT2D eigenvalue weighted by Crippen LogP contribution is -2.47. The molecule has 4 aliphatic rings. The lowest BCUT2D eigenvalue weighted by Gasteiger charge is -2.50. The average Bonchev–Trinajstić information content (AvgIpc) is 3.14. The summed E-state index contributed by atoms with van der Waals surface area (Å²) >= 11 is 1.64. The molecule has 0 aromatic carbocycles. The van der Waals surface area contributed by atoms with E-state index in [2.05, 4.69) is 27.7 Å². The minimum Gasteiger partial charge on any atom is -0.464 e. The largest absolute Gasteiger partial charge is 0.464 e. The summed E-state index contributed by atoms with van der Waals surface area (Å²) in [5.41, 5.74) is 0.121. The van der Waals surface area contributed by atoms with Crippen LogP contribution in [0.2, 0.25) is 0 Å². The molecule has 0 aliphatic heterocycles. The molecule has 0 aromatic heterocycles. The number of ether oxygens (including phenoxy) is 9. The Kier molecular flexibility index (Phi) is 23.0. The van der Waals surface area contributed by atoms with Gasteiger partial charge in [-0.25, -0.2) is 5.01 Å². The van der Waals surface area contributed by atoms with E-state index in [1.807, 2.05) is 0 Å². The molecule has 4 rings (SSSR count). The van der Waals surface area contributed by atoms with Crippen LogP contribution in [0.3, 0.4) is 0 Å². The third-order valence-corrected chi connectivity index (χ3v) is 12.9. The van der Waals surface area contributed by atoms with Gasteiger partial charge in [-0.15, -0.1) is 0 Å². The summed E-state index contributed by atoms with van der Waals surface area (Å²) in [5, 5.41) is 1.08. The average molecular weight is 831 g/mol. The van der Waals surface area contributed by atoms with Crippen LogP contribution in [0.4, 0.5) is 0 Å². The summed E-state index contributed by atoms with van der Waals surface area (Å²) in [5.74, 6) is 10.9. The van der Waals surface area contributed by atoms with Gasteiger partial charge in [0.1, 0.15) is 26.3 Å². The van der Waals surface area contributed by atoms with Crippen LogP contribution in [-0.4, -0.2) is 145 Å². The number of carbonyl (C=O) groups is 2. The SMILES string of the molecule is CCC1CC2CC(C)CC(OCCOCCOCCOCCOC(=O)CN(N)CC(=O)OCCSCCOCCOCCOC34CC(C)CC(CC(C)C3)C4)(C1)C2. The highest BCUT2D eigenvalue weighted by atomic mass is 32.2. The molecule has 0 radical (unpaired) electrons. The molecule has 4 aliphatic carbocycles. The smallest absolute Gasteiger partial charge is 0.321 e. The Morgan fingerprint density at radius 1 is 0.544 bits per heavy atom. The summed E-state index contributed by atoms with van der Waals surface area (Å²) < 4.78 is 51.5. The van der Waals surface area contributed by atoms with Crippen molar-refractivity contribution in [3.05, 3.63) is 0 Å². The quantitative estimate of drug-likeness (QED) is 0.0395. The van der Waals surface area contributed by atoms with Crippen LogP contribution in [0.5, 0.6) is 0 Å². The molecule has 6 atom stereocenters. The minimum absolute atomic E-state index is 0.0559. The molecule has 4 saturated carbocycles. The van der Waals surface area contributed by atoms with Gasteiger partial charge in [-0.3, -0.25) is 15.4 Å². The zero-order valence-corrected chi connectivity index (χ0v) is 36.7. The van der Waals surface area contributed by atoms with Crippen LogP contribution >= 0.6 is 11.8 Å². The molecular weight excluding hydrogens is 753 g/mol. The van der Waals surface area contributed by atoms with Crippen molar-refractivity contribution in [2.24, 2.45) is 41.4 Å². The number of hydrazine groups is 1. The maximum Gasteiger partial charge on any atom is 0.321 e. The number of nitrogens with two attached hydrogens (primary N) is 1. The van der Waals surface area contributed by atoms with Crippen LogP contribution in [0.1, 0.15) is 98.3 Å². The van der Waals surface area contributed by atoms with Crippen molar-refractivity contribution < 1.29 is 52.2 Å². The van der Waals surface area contributed by atoms with Gasteiger partial charge in [-0.1, -0.05) is 34.1 Å². The molecule has 14 heteroatoms. The normalized spacial score (nSPS) is 29.7. The second-order valence-corrected chi connectivity index (χ2v) is 18.8. The standard InChI is InChI=1S/C43H78N2O11S/c1-5-37-25-39-24-36(4)28-43(29-37,31-39)56-17-14-50-9-7-48-6-8-49-12-15-53-40(46)32-45(44)33-41(47)54-19-21-57-20-18-52-11-10-51-13-16-55-42-26-34(2)22-38(30-42)23-35(3)27-42/h34-39H,5-33,44H2,1-4H3. The Hall–Kier alpha value is -1.07. The Balaban J connectivity index is 0.848. The Morgan fingerprint density at radius 3 is 1.46 bits per heavy atom. The first-order chi connectivity index (χ1) is 27.6. The van der Waals surface area contributed by atoms with E-state index < -0.39 is 11.9 Å². The van der Waals surface area contributed by atoms with Gasteiger partial charge in [0.05, 0.1) is 90.5 Å². The molecule has 0 spiro atoms. The summed E-state index contributed by atoms with van der Waals surface area (Å²) in [4.78, 5) is 24.1. The predicted octanol–water partition coefficient (Wildman–Crippen LogP) is 5.70. The number of carbonyl (C=O) groups excluding carboxylic acids is 2. The topological polar surface area (TPSA) is 146 Å². The van der Waals surface area contributed by atoms with Crippen LogP contribution in [-0.2, 0) is 52.2 Å². The Morgan fingerprint density at radius 2 is 0.947 bits per heavy atom. The first kappa shape index (κ1) is 48.6. The molecule has 4 fully saturated rings. The maximum atomic E-state index is 12.1. The van der Waals surface area contributed by atoms with Gasteiger partial charge in [0.25, 0.3) is 0 Å². The van der Waals surface area contributed by atoms with E-state index in [1.165, 1.54) is 70.6 Å². The molecule has 0 amide bonds. The maximum absolute atomic E-state index is 12.1. The van der Waals surface area contributed by atoms with Crippen molar-refractivity contribution in [1.29, 1.82) is 0 Å². The van der Waals surface area contributed by atoms with E-state index in [-0.39, 0.29) is 44.1 Å².